The molecular formula is C8H24O10Si10. The molecule has 1 atom stereocenters. The summed E-state index contributed by atoms with van der Waals surface area (Å²) in [6.07, 6.45) is 0. The molecule has 0 aromatic rings. The molecule has 10 nitrogen and oxygen atoms in total. The van der Waals surface area contributed by atoms with E-state index in [1.165, 1.54) is 0 Å². The van der Waals surface area contributed by atoms with Crippen molar-refractivity contribution < 1.29 is 41.2 Å². The molecule has 2 saturated heterocycles. The van der Waals surface area contributed by atoms with E-state index in [1.807, 2.05) is 52.4 Å². The summed E-state index contributed by atoms with van der Waals surface area (Å²) < 4.78 is 59.9. The van der Waals surface area contributed by atoms with Crippen LogP contribution >= 0.6 is 0 Å². The number of hydrogen-bond donors (Lipinski definition) is 0. The standard InChI is InChI=1S/C8H24O10Si10/c1-23-14-25(2,3)16-26(4,5)17-27(6,7)18-28(8,15-23)24-12-21-10-19-9-20-11-22-13-24/h1-8H3. The van der Waals surface area contributed by atoms with Crippen LogP contribution in [0.1, 0.15) is 0 Å². The lowest BCUT2D eigenvalue weighted by atomic mass is 11.9. The zero-order chi connectivity index (χ0) is 21.1. The summed E-state index contributed by atoms with van der Waals surface area (Å²) in [5, 5.41) is 0. The Morgan fingerprint density at radius 3 is 1.61 bits per heavy atom. The highest BCUT2D eigenvalue weighted by atomic mass is 29.3. The molecule has 0 amide bonds. The van der Waals surface area contributed by atoms with Crippen LogP contribution in [0.3, 0.4) is 0 Å². The Labute approximate surface area is 184 Å². The van der Waals surface area contributed by atoms with Crippen molar-refractivity contribution in [3.63, 3.8) is 0 Å². The quantitative estimate of drug-likeness (QED) is 0.413. The van der Waals surface area contributed by atoms with E-state index < -0.39 is 51.8 Å². The average molecular weight is 561 g/mol. The van der Waals surface area contributed by atoms with Crippen LogP contribution in [0.15, 0.2) is 0 Å². The molecule has 0 aromatic heterocycles. The summed E-state index contributed by atoms with van der Waals surface area (Å²) in [6.45, 7) is 16.0. The maximum Gasteiger partial charge on any atom is 0.412 e. The second-order valence-electron chi connectivity index (χ2n) is 7.28. The van der Waals surface area contributed by atoms with E-state index in [0.717, 1.165) is 0 Å². The van der Waals surface area contributed by atoms with Crippen molar-refractivity contribution in [2.24, 2.45) is 0 Å². The first-order valence-corrected chi connectivity index (χ1v) is 26.5. The fourth-order valence-corrected chi connectivity index (χ4v) is 38.7. The SMILES string of the molecule is C[Si]1O[Si](C)(C)O[Si](C)(C)O[Si](C)(C)O[Si](C)([Si]2O[Si]O[Si]O[Si]O[Si]O2)O1. The first kappa shape index (κ1) is 26.0. The topological polar surface area (TPSA) is 92.3 Å². The smallest absolute Gasteiger partial charge is 0.412 e. The van der Waals surface area contributed by atoms with Gasteiger partial charge in [0.05, 0.1) is 0 Å². The molecule has 0 aromatic carbocycles. The van der Waals surface area contributed by atoms with E-state index in [9.17, 15) is 0 Å². The van der Waals surface area contributed by atoms with Gasteiger partial charge in [-0.15, -0.1) is 0 Å². The van der Waals surface area contributed by atoms with Crippen molar-refractivity contribution >= 4 is 91.9 Å². The fraction of sp³-hybridized carbons (Fsp3) is 1.00. The lowest BCUT2D eigenvalue weighted by Crippen LogP contribution is -2.68. The minimum Gasteiger partial charge on any atom is -0.416 e. The van der Waals surface area contributed by atoms with Gasteiger partial charge >= 0.3 is 91.9 Å². The molecule has 0 bridgehead atoms. The molecule has 2 aliphatic rings. The Hall–Kier alpha value is 1.77. The van der Waals surface area contributed by atoms with E-state index in [2.05, 4.69) is 0 Å². The highest BCUT2D eigenvalue weighted by Gasteiger charge is 2.56. The van der Waals surface area contributed by atoms with Crippen LogP contribution in [0.2, 0.25) is 52.4 Å². The Kier molecular flexibility index (Phi) is 9.84. The third-order valence-corrected chi connectivity index (χ3v) is 31.0. The molecule has 2 rings (SSSR count). The van der Waals surface area contributed by atoms with Gasteiger partial charge in [0.2, 0.25) is 0 Å². The van der Waals surface area contributed by atoms with Crippen molar-refractivity contribution in [2.45, 2.75) is 52.4 Å². The van der Waals surface area contributed by atoms with E-state index in [-0.39, 0.29) is 40.0 Å². The van der Waals surface area contributed by atoms with Crippen LogP contribution in [0.25, 0.3) is 0 Å². The molecular weight excluding hydrogens is 537 g/mol. The van der Waals surface area contributed by atoms with Crippen molar-refractivity contribution in [3.05, 3.63) is 0 Å². The molecule has 20 heteroatoms. The summed E-state index contributed by atoms with van der Waals surface area (Å²) in [4.78, 5) is 0. The number of hydrogen-bond acceptors (Lipinski definition) is 10. The van der Waals surface area contributed by atoms with E-state index in [0.29, 0.717) is 0 Å². The van der Waals surface area contributed by atoms with Crippen LogP contribution in [0.5, 0.6) is 0 Å². The van der Waals surface area contributed by atoms with Crippen LogP contribution in [-0.2, 0) is 41.2 Å². The van der Waals surface area contributed by atoms with Gasteiger partial charge in [-0.25, -0.2) is 0 Å². The summed E-state index contributed by atoms with van der Waals surface area (Å²) in [6, 6.07) is 0. The van der Waals surface area contributed by atoms with Gasteiger partial charge in [-0.3, -0.25) is 0 Å². The molecule has 2 fully saturated rings. The normalized spacial score (nSPS) is 33.9. The molecule has 156 valence electrons. The summed E-state index contributed by atoms with van der Waals surface area (Å²) >= 11 is 0. The lowest BCUT2D eigenvalue weighted by Gasteiger charge is -2.45. The molecule has 10 radical (unpaired) electrons. The third-order valence-electron chi connectivity index (χ3n) is 3.04. The van der Waals surface area contributed by atoms with Gasteiger partial charge in [0.1, 0.15) is 0 Å². The van der Waals surface area contributed by atoms with E-state index >= 15 is 0 Å². The third kappa shape index (κ3) is 8.72. The minimum absolute atomic E-state index is 0.130. The first-order chi connectivity index (χ1) is 12.8. The second-order valence-corrected chi connectivity index (χ2v) is 31.9. The molecule has 2 aliphatic heterocycles. The molecule has 1 unspecified atom stereocenters. The monoisotopic (exact) mass is 560 g/mol. The Balaban J connectivity index is 2.29. The molecule has 0 N–H and O–H groups in total. The average Bonchev–Trinajstić information content (AvgIpc) is 2.47. The zero-order valence-electron chi connectivity index (χ0n) is 17.1. The molecule has 0 aliphatic carbocycles. The summed E-state index contributed by atoms with van der Waals surface area (Å²) in [5.74, 6) is 0. The van der Waals surface area contributed by atoms with Gasteiger partial charge in [0, 0.05) is 0 Å². The summed E-state index contributed by atoms with van der Waals surface area (Å²) in [5.41, 5.74) is 0. The van der Waals surface area contributed by atoms with Crippen LogP contribution in [-0.4, -0.2) is 91.9 Å². The van der Waals surface area contributed by atoms with Gasteiger partial charge in [-0.2, -0.15) is 0 Å². The van der Waals surface area contributed by atoms with Gasteiger partial charge in [-0.1, -0.05) is 0 Å². The molecule has 0 spiro atoms. The highest BCUT2D eigenvalue weighted by molar-refractivity contribution is 7.26. The Morgan fingerprint density at radius 1 is 0.571 bits per heavy atom. The van der Waals surface area contributed by atoms with Gasteiger partial charge in [0.25, 0.3) is 0 Å². The maximum absolute atomic E-state index is 6.60. The molecule has 28 heavy (non-hydrogen) atoms. The van der Waals surface area contributed by atoms with E-state index in [4.69, 9.17) is 41.2 Å². The van der Waals surface area contributed by atoms with Crippen molar-refractivity contribution in [3.8, 4) is 0 Å². The van der Waals surface area contributed by atoms with E-state index in [1.54, 1.807) is 0 Å². The van der Waals surface area contributed by atoms with Crippen LogP contribution in [0.4, 0.5) is 0 Å². The Bertz CT molecular complexity index is 503. The highest BCUT2D eigenvalue weighted by Crippen LogP contribution is 2.29. The largest absolute Gasteiger partial charge is 0.416 e. The predicted molar refractivity (Wildman–Crippen MR) is 115 cm³/mol. The summed E-state index contributed by atoms with van der Waals surface area (Å²) in [7, 11) is -14.8. The molecule has 0 saturated carbocycles. The van der Waals surface area contributed by atoms with Crippen LogP contribution in [0, 0.1) is 0 Å². The van der Waals surface area contributed by atoms with Gasteiger partial charge in [-0.05, 0) is 52.4 Å². The van der Waals surface area contributed by atoms with Crippen molar-refractivity contribution in [2.75, 3.05) is 0 Å². The zero-order valence-corrected chi connectivity index (χ0v) is 27.1. The van der Waals surface area contributed by atoms with Gasteiger partial charge in [0.15, 0.2) is 0 Å². The van der Waals surface area contributed by atoms with Crippen molar-refractivity contribution in [1.82, 2.24) is 0 Å². The predicted octanol–water partition coefficient (Wildman–Crippen LogP) is 0.178. The van der Waals surface area contributed by atoms with Gasteiger partial charge < -0.3 is 41.2 Å². The van der Waals surface area contributed by atoms with Crippen molar-refractivity contribution in [1.29, 1.82) is 0 Å². The first-order valence-electron chi connectivity index (χ1n) is 8.33. The minimum atomic E-state index is -2.97. The van der Waals surface area contributed by atoms with Crippen LogP contribution < -0.4 is 0 Å². The maximum atomic E-state index is 6.60. The fourth-order valence-electron chi connectivity index (χ4n) is 2.88. The lowest BCUT2D eigenvalue weighted by molar-refractivity contribution is 0.245. The Morgan fingerprint density at radius 2 is 1.04 bits per heavy atom. The second kappa shape index (κ2) is 10.6. The molecule has 2 heterocycles. The number of rotatable bonds is 1.